The Morgan fingerprint density at radius 2 is 1.18 bits per heavy atom. The number of aliphatic carboxylic acids is 3. The number of benzene rings is 2. The second-order valence-corrected chi connectivity index (χ2v) is 7.06. The van der Waals surface area contributed by atoms with Crippen molar-refractivity contribution in [2.75, 3.05) is 6.54 Å². The van der Waals surface area contributed by atoms with E-state index in [0.29, 0.717) is 0 Å². The van der Waals surface area contributed by atoms with E-state index in [9.17, 15) is 49.9 Å². The molecule has 0 fully saturated rings. The molecule has 0 aromatic heterocycles. The van der Waals surface area contributed by atoms with E-state index in [-0.39, 0.29) is 0 Å². The van der Waals surface area contributed by atoms with Crippen molar-refractivity contribution in [2.24, 2.45) is 11.1 Å². The van der Waals surface area contributed by atoms with E-state index in [4.69, 9.17) is 5.73 Å². The fourth-order valence-electron chi connectivity index (χ4n) is 4.11. The van der Waals surface area contributed by atoms with Gasteiger partial charge in [0.1, 0.15) is 17.3 Å². The lowest BCUT2D eigenvalue weighted by molar-refractivity contribution is -0.386. The van der Waals surface area contributed by atoms with Crippen molar-refractivity contribution >= 4 is 29.3 Å². The normalized spacial score (nSPS) is 14.5. The minimum Gasteiger partial charge on any atom is -0.481 e. The van der Waals surface area contributed by atoms with Crippen molar-refractivity contribution in [1.82, 2.24) is 0 Å². The Morgan fingerprint density at radius 1 is 0.818 bits per heavy atom. The smallest absolute Gasteiger partial charge is 0.312 e. The minimum atomic E-state index is -2.83. The molecule has 0 saturated carbocycles. The van der Waals surface area contributed by atoms with E-state index < -0.39 is 80.5 Å². The van der Waals surface area contributed by atoms with Crippen LogP contribution in [0.2, 0.25) is 0 Å². The summed E-state index contributed by atoms with van der Waals surface area (Å²) in [7, 11) is 0. The third kappa shape index (κ3) is 4.48. The van der Waals surface area contributed by atoms with Gasteiger partial charge in [0.15, 0.2) is 0 Å². The molecule has 0 radical (unpaired) electrons. The molecule has 2 rings (SSSR count). The van der Waals surface area contributed by atoms with Crippen LogP contribution in [-0.2, 0) is 14.4 Å². The lowest BCUT2D eigenvalue weighted by Crippen LogP contribution is -2.49. The molecule has 0 heterocycles. The van der Waals surface area contributed by atoms with Gasteiger partial charge in [0.2, 0.25) is 0 Å². The second-order valence-electron chi connectivity index (χ2n) is 7.06. The Balaban J connectivity index is 3.04. The Morgan fingerprint density at radius 3 is 1.45 bits per heavy atom. The van der Waals surface area contributed by atoms with Gasteiger partial charge in [0, 0.05) is 23.3 Å². The van der Waals surface area contributed by atoms with Gasteiger partial charge in [-0.2, -0.15) is 0 Å². The van der Waals surface area contributed by atoms with Crippen molar-refractivity contribution < 1.29 is 39.5 Å². The van der Waals surface area contributed by atoms with Crippen molar-refractivity contribution in [3.8, 4) is 0 Å². The van der Waals surface area contributed by atoms with Crippen LogP contribution in [0.3, 0.4) is 0 Å². The Labute approximate surface area is 185 Å². The highest BCUT2D eigenvalue weighted by atomic mass is 16.6. The number of hydrogen-bond acceptors (Lipinski definition) is 8. The van der Waals surface area contributed by atoms with Crippen molar-refractivity contribution in [2.45, 2.75) is 18.3 Å². The van der Waals surface area contributed by atoms with Gasteiger partial charge in [-0.05, 0) is 13.0 Å². The lowest BCUT2D eigenvalue weighted by atomic mass is 9.60. The van der Waals surface area contributed by atoms with Crippen LogP contribution in [0.5, 0.6) is 0 Å². The van der Waals surface area contributed by atoms with E-state index in [1.807, 2.05) is 0 Å². The predicted molar refractivity (Wildman–Crippen MR) is 111 cm³/mol. The van der Waals surface area contributed by atoms with Crippen molar-refractivity contribution in [1.29, 1.82) is 0 Å². The van der Waals surface area contributed by atoms with Crippen molar-refractivity contribution in [3.05, 3.63) is 79.9 Å². The maximum Gasteiger partial charge on any atom is 0.312 e. The molecule has 0 amide bonds. The summed E-state index contributed by atoms with van der Waals surface area (Å²) in [6, 6.07) is 8.81. The minimum absolute atomic E-state index is 0.527. The number of carboxylic acids is 3. The third-order valence-electron chi connectivity index (χ3n) is 5.37. The van der Waals surface area contributed by atoms with Crippen LogP contribution in [0, 0.1) is 25.6 Å². The number of nitro benzene ring substituents is 2. The number of carboxylic acid groups (broad SMARTS) is 3. The number of rotatable bonds is 11. The summed E-state index contributed by atoms with van der Waals surface area (Å²) in [5, 5.41) is 53.5. The van der Waals surface area contributed by atoms with Gasteiger partial charge < -0.3 is 21.1 Å². The van der Waals surface area contributed by atoms with Gasteiger partial charge >= 0.3 is 17.9 Å². The Hall–Kier alpha value is -4.39. The monoisotopic (exact) mass is 461 g/mol. The molecule has 0 bridgehead atoms. The molecular weight excluding hydrogens is 442 g/mol. The van der Waals surface area contributed by atoms with Crippen molar-refractivity contribution in [3.63, 3.8) is 0 Å². The van der Waals surface area contributed by atoms with Gasteiger partial charge in [0.05, 0.1) is 9.85 Å². The SMILES string of the molecule is NCCC(C(=O)O)(C(C(=O)O)c1ccccc1[N+](=O)[O-])C(C(=O)O)c1ccccc1[N+](=O)[O-]. The maximum atomic E-state index is 12.7. The molecule has 2 aromatic rings. The summed E-state index contributed by atoms with van der Waals surface area (Å²) in [6.45, 7) is -0.527. The second kappa shape index (κ2) is 9.82. The van der Waals surface area contributed by atoms with E-state index in [1.165, 1.54) is 24.3 Å². The van der Waals surface area contributed by atoms with Crippen LogP contribution < -0.4 is 5.73 Å². The van der Waals surface area contributed by atoms with Crippen LogP contribution in [0.4, 0.5) is 11.4 Å². The standard InChI is InChI=1S/C20H19N3O10/c21-10-9-20(19(28)29,15(17(24)25)11-5-1-3-7-13(11)22(30)31)16(18(26)27)12-6-2-4-8-14(12)23(32)33/h1-8,15-16H,9-10,21H2,(H,24,25)(H,26,27)(H,28,29). The Bertz CT molecular complexity index is 1040. The average molecular weight is 461 g/mol. The maximum absolute atomic E-state index is 12.7. The van der Waals surface area contributed by atoms with Crippen LogP contribution in [0.1, 0.15) is 29.4 Å². The zero-order chi connectivity index (χ0) is 24.9. The fraction of sp³-hybridized carbons (Fsp3) is 0.250. The summed E-state index contributed by atoms with van der Waals surface area (Å²) in [5.41, 5.74) is 0.0862. The molecule has 13 nitrogen and oxygen atoms in total. The van der Waals surface area contributed by atoms with E-state index >= 15 is 0 Å². The summed E-state index contributed by atoms with van der Waals surface area (Å²) in [4.78, 5) is 58.8. The lowest BCUT2D eigenvalue weighted by Gasteiger charge is -2.39. The molecule has 33 heavy (non-hydrogen) atoms. The first kappa shape index (κ1) is 24.9. The van der Waals surface area contributed by atoms with E-state index in [2.05, 4.69) is 0 Å². The summed E-state index contributed by atoms with van der Waals surface area (Å²) < 4.78 is 0. The van der Waals surface area contributed by atoms with Crippen LogP contribution in [0.25, 0.3) is 0 Å². The molecular formula is C20H19N3O10. The van der Waals surface area contributed by atoms with Gasteiger partial charge in [0.25, 0.3) is 11.4 Å². The molecule has 0 aliphatic heterocycles. The first-order valence-corrected chi connectivity index (χ1v) is 9.36. The number of para-hydroxylation sites is 2. The van der Waals surface area contributed by atoms with Gasteiger partial charge in [-0.3, -0.25) is 34.6 Å². The number of nitro groups is 2. The summed E-state index contributed by atoms with van der Waals surface area (Å²) >= 11 is 0. The molecule has 13 heteroatoms. The number of nitrogens with two attached hydrogens (primary N) is 1. The predicted octanol–water partition coefficient (Wildman–Crippen LogP) is 1.96. The van der Waals surface area contributed by atoms with E-state index in [1.54, 1.807) is 0 Å². The largest absolute Gasteiger partial charge is 0.481 e. The average Bonchev–Trinajstić information content (AvgIpc) is 2.73. The Kier molecular flexibility index (Phi) is 7.41. The molecule has 2 aromatic carbocycles. The molecule has 174 valence electrons. The highest BCUT2D eigenvalue weighted by Gasteiger charge is 2.60. The quantitative estimate of drug-likeness (QED) is 0.279. The summed E-state index contributed by atoms with van der Waals surface area (Å²) in [6.07, 6.45) is -0.769. The zero-order valence-electron chi connectivity index (χ0n) is 16.9. The molecule has 0 saturated heterocycles. The number of carbonyl (C=O) groups is 3. The van der Waals surface area contributed by atoms with Gasteiger partial charge in [-0.15, -0.1) is 0 Å². The van der Waals surface area contributed by atoms with Crippen LogP contribution in [-0.4, -0.2) is 49.6 Å². The fourth-order valence-corrected chi connectivity index (χ4v) is 4.11. The first-order valence-electron chi connectivity index (χ1n) is 9.36. The first-order chi connectivity index (χ1) is 15.5. The van der Waals surface area contributed by atoms with Crippen LogP contribution in [0.15, 0.2) is 48.5 Å². The van der Waals surface area contributed by atoms with Gasteiger partial charge in [-0.25, -0.2) is 0 Å². The molecule has 0 aliphatic rings. The highest BCUT2D eigenvalue weighted by molar-refractivity contribution is 5.95. The van der Waals surface area contributed by atoms with Gasteiger partial charge in [-0.1, -0.05) is 36.4 Å². The molecule has 2 atom stereocenters. The van der Waals surface area contributed by atoms with E-state index in [0.717, 1.165) is 24.3 Å². The molecule has 0 spiro atoms. The number of nitrogens with zero attached hydrogens (tertiary/aromatic N) is 2. The third-order valence-corrected chi connectivity index (χ3v) is 5.37. The zero-order valence-corrected chi connectivity index (χ0v) is 16.9. The molecule has 0 aliphatic carbocycles. The molecule has 2 unspecified atom stereocenters. The summed E-state index contributed by atoms with van der Waals surface area (Å²) in [5.74, 6) is -10.3. The molecule has 5 N–H and O–H groups in total. The highest BCUT2D eigenvalue weighted by Crippen LogP contribution is 2.53. The number of hydrogen-bond donors (Lipinski definition) is 4. The topological polar surface area (TPSA) is 224 Å². The van der Waals surface area contributed by atoms with Crippen LogP contribution >= 0.6 is 0 Å².